The summed E-state index contributed by atoms with van der Waals surface area (Å²) in [6, 6.07) is 10.7. The van der Waals surface area contributed by atoms with Crippen molar-refractivity contribution in [2.24, 2.45) is 16.3 Å². The molecule has 1 atom stereocenters. The second-order valence-electron chi connectivity index (χ2n) is 5.28. The van der Waals surface area contributed by atoms with Crippen LogP contribution in [0.2, 0.25) is 0 Å². The molecule has 0 unspecified atom stereocenters. The average molecular weight is 247 g/mol. The molecule has 1 aliphatic carbocycles. The SMILES string of the molecule is C[C@H](NCC1(CC(N)=NO)CC1)c1ccccc1. The summed E-state index contributed by atoms with van der Waals surface area (Å²) in [5.74, 6) is 0.335. The Bertz CT molecular complexity index is 412. The van der Waals surface area contributed by atoms with Crippen molar-refractivity contribution in [3.8, 4) is 0 Å². The fourth-order valence-corrected chi connectivity index (χ4v) is 2.24. The van der Waals surface area contributed by atoms with Crippen molar-refractivity contribution >= 4 is 5.84 Å². The molecule has 0 aromatic heterocycles. The van der Waals surface area contributed by atoms with Crippen LogP contribution in [0.5, 0.6) is 0 Å². The van der Waals surface area contributed by atoms with Crippen LogP contribution in [0.1, 0.15) is 37.8 Å². The highest BCUT2D eigenvalue weighted by molar-refractivity contribution is 5.80. The number of hydrogen-bond acceptors (Lipinski definition) is 3. The zero-order valence-corrected chi connectivity index (χ0v) is 10.8. The number of nitrogens with zero attached hydrogens (tertiary/aromatic N) is 1. The van der Waals surface area contributed by atoms with E-state index in [1.165, 1.54) is 5.56 Å². The molecule has 0 aliphatic heterocycles. The molecule has 1 saturated carbocycles. The molecule has 0 amide bonds. The Kier molecular flexibility index (Phi) is 3.87. The van der Waals surface area contributed by atoms with E-state index < -0.39 is 0 Å². The summed E-state index contributed by atoms with van der Waals surface area (Å²) in [7, 11) is 0. The van der Waals surface area contributed by atoms with Gasteiger partial charge in [-0.3, -0.25) is 0 Å². The summed E-state index contributed by atoms with van der Waals surface area (Å²) in [5, 5.41) is 15.2. The van der Waals surface area contributed by atoms with Crippen molar-refractivity contribution in [3.63, 3.8) is 0 Å². The highest BCUT2D eigenvalue weighted by Crippen LogP contribution is 2.48. The molecule has 18 heavy (non-hydrogen) atoms. The third-order valence-corrected chi connectivity index (χ3v) is 3.72. The van der Waals surface area contributed by atoms with Gasteiger partial charge in [-0.2, -0.15) is 0 Å². The van der Waals surface area contributed by atoms with Crippen molar-refractivity contribution in [2.75, 3.05) is 6.54 Å². The van der Waals surface area contributed by atoms with Gasteiger partial charge in [0.15, 0.2) is 0 Å². The van der Waals surface area contributed by atoms with Crippen LogP contribution in [0.15, 0.2) is 35.5 Å². The first-order valence-corrected chi connectivity index (χ1v) is 6.40. The number of nitrogens with two attached hydrogens (primary N) is 1. The van der Waals surface area contributed by atoms with Gasteiger partial charge in [-0.05, 0) is 30.7 Å². The third kappa shape index (κ3) is 3.23. The molecule has 1 fully saturated rings. The van der Waals surface area contributed by atoms with Crippen LogP contribution in [0.4, 0.5) is 0 Å². The molecule has 2 rings (SSSR count). The first kappa shape index (κ1) is 12.9. The van der Waals surface area contributed by atoms with Crippen LogP contribution in [0, 0.1) is 5.41 Å². The number of amidine groups is 1. The molecule has 1 aromatic carbocycles. The van der Waals surface area contributed by atoms with Gasteiger partial charge in [0, 0.05) is 19.0 Å². The topological polar surface area (TPSA) is 70.6 Å². The highest BCUT2D eigenvalue weighted by Gasteiger charge is 2.43. The van der Waals surface area contributed by atoms with Crippen LogP contribution in [0.25, 0.3) is 0 Å². The lowest BCUT2D eigenvalue weighted by molar-refractivity contribution is 0.313. The van der Waals surface area contributed by atoms with Gasteiger partial charge < -0.3 is 16.3 Å². The van der Waals surface area contributed by atoms with Gasteiger partial charge in [0.2, 0.25) is 0 Å². The smallest absolute Gasteiger partial charge is 0.139 e. The van der Waals surface area contributed by atoms with Gasteiger partial charge in [-0.25, -0.2) is 0 Å². The zero-order valence-electron chi connectivity index (χ0n) is 10.8. The Morgan fingerprint density at radius 2 is 2.11 bits per heavy atom. The normalized spacial score (nSPS) is 19.5. The summed E-state index contributed by atoms with van der Waals surface area (Å²) in [6.07, 6.45) is 2.98. The lowest BCUT2D eigenvalue weighted by atomic mass is 10.0. The molecule has 98 valence electrons. The summed E-state index contributed by atoms with van der Waals surface area (Å²) in [6.45, 7) is 3.08. The van der Waals surface area contributed by atoms with E-state index in [9.17, 15) is 0 Å². The molecule has 4 N–H and O–H groups in total. The van der Waals surface area contributed by atoms with Gasteiger partial charge >= 0.3 is 0 Å². The van der Waals surface area contributed by atoms with Crippen molar-refractivity contribution in [2.45, 2.75) is 32.2 Å². The largest absolute Gasteiger partial charge is 0.409 e. The van der Waals surface area contributed by atoms with E-state index >= 15 is 0 Å². The van der Waals surface area contributed by atoms with Crippen LogP contribution >= 0.6 is 0 Å². The molecule has 0 bridgehead atoms. The minimum atomic E-state index is 0.208. The molecular weight excluding hydrogens is 226 g/mol. The number of hydrogen-bond donors (Lipinski definition) is 3. The maximum absolute atomic E-state index is 8.62. The molecule has 1 aliphatic rings. The Labute approximate surface area is 108 Å². The maximum atomic E-state index is 8.62. The highest BCUT2D eigenvalue weighted by atomic mass is 16.4. The van der Waals surface area contributed by atoms with Crippen molar-refractivity contribution in [3.05, 3.63) is 35.9 Å². The van der Waals surface area contributed by atoms with Crippen LogP contribution in [-0.2, 0) is 0 Å². The van der Waals surface area contributed by atoms with E-state index in [-0.39, 0.29) is 5.41 Å². The quantitative estimate of drug-likeness (QED) is 0.312. The molecule has 0 saturated heterocycles. The van der Waals surface area contributed by atoms with E-state index in [1.54, 1.807) is 0 Å². The van der Waals surface area contributed by atoms with Gasteiger partial charge in [-0.15, -0.1) is 0 Å². The predicted molar refractivity (Wildman–Crippen MR) is 72.6 cm³/mol. The van der Waals surface area contributed by atoms with Crippen LogP contribution in [0.3, 0.4) is 0 Å². The number of benzene rings is 1. The molecule has 0 spiro atoms. The van der Waals surface area contributed by atoms with Crippen molar-refractivity contribution < 1.29 is 5.21 Å². The Morgan fingerprint density at radius 1 is 1.44 bits per heavy atom. The Balaban J connectivity index is 1.85. The van der Waals surface area contributed by atoms with Crippen LogP contribution < -0.4 is 11.1 Å². The minimum Gasteiger partial charge on any atom is -0.409 e. The lowest BCUT2D eigenvalue weighted by Crippen LogP contribution is -2.30. The molecule has 0 heterocycles. The van der Waals surface area contributed by atoms with E-state index in [1.807, 2.05) is 6.07 Å². The molecule has 1 aromatic rings. The van der Waals surface area contributed by atoms with E-state index in [0.717, 1.165) is 19.4 Å². The second-order valence-corrected chi connectivity index (χ2v) is 5.28. The summed E-state index contributed by atoms with van der Waals surface area (Å²) < 4.78 is 0. The molecule has 4 heteroatoms. The van der Waals surface area contributed by atoms with Gasteiger partial charge in [-0.1, -0.05) is 35.5 Å². The Hall–Kier alpha value is -1.55. The van der Waals surface area contributed by atoms with Crippen LogP contribution in [-0.4, -0.2) is 17.6 Å². The van der Waals surface area contributed by atoms with Gasteiger partial charge in [0.1, 0.15) is 5.84 Å². The third-order valence-electron chi connectivity index (χ3n) is 3.72. The lowest BCUT2D eigenvalue weighted by Gasteiger charge is -2.20. The molecular formula is C14H21N3O. The fraction of sp³-hybridized carbons (Fsp3) is 0.500. The molecule has 0 radical (unpaired) electrons. The second kappa shape index (κ2) is 5.40. The number of nitrogens with one attached hydrogen (secondary N) is 1. The first-order valence-electron chi connectivity index (χ1n) is 6.40. The summed E-state index contributed by atoms with van der Waals surface area (Å²) >= 11 is 0. The van der Waals surface area contributed by atoms with Gasteiger partial charge in [0.05, 0.1) is 0 Å². The van der Waals surface area contributed by atoms with E-state index in [2.05, 4.69) is 41.7 Å². The standard InChI is InChI=1S/C14H21N3O/c1-11(12-5-3-2-4-6-12)16-10-14(7-8-14)9-13(15)17-18/h2-6,11,16,18H,7-10H2,1H3,(H2,15,17)/t11-/m0/s1. The van der Waals surface area contributed by atoms with Gasteiger partial charge in [0.25, 0.3) is 0 Å². The number of oxime groups is 1. The average Bonchev–Trinajstić information content (AvgIpc) is 3.17. The fourth-order valence-electron chi connectivity index (χ4n) is 2.24. The monoisotopic (exact) mass is 247 g/mol. The summed E-state index contributed by atoms with van der Waals surface area (Å²) in [5.41, 5.74) is 7.09. The van der Waals surface area contributed by atoms with Crippen molar-refractivity contribution in [1.29, 1.82) is 0 Å². The number of rotatable bonds is 6. The van der Waals surface area contributed by atoms with E-state index in [4.69, 9.17) is 10.9 Å². The minimum absolute atomic E-state index is 0.208. The van der Waals surface area contributed by atoms with Crippen molar-refractivity contribution in [1.82, 2.24) is 5.32 Å². The Morgan fingerprint density at radius 3 is 2.67 bits per heavy atom. The maximum Gasteiger partial charge on any atom is 0.139 e. The molecule has 4 nitrogen and oxygen atoms in total. The zero-order chi connectivity index (χ0) is 13.0. The first-order chi connectivity index (χ1) is 8.65. The van der Waals surface area contributed by atoms with E-state index in [0.29, 0.717) is 18.3 Å². The summed E-state index contributed by atoms with van der Waals surface area (Å²) in [4.78, 5) is 0. The predicted octanol–water partition coefficient (Wildman–Crippen LogP) is 2.25.